The molecule has 1 amide bonds. The van der Waals surface area contributed by atoms with Crippen LogP contribution in [0.25, 0.3) is 10.2 Å². The molecule has 146 valence electrons. The second-order valence-electron chi connectivity index (χ2n) is 7.48. The number of thiazole rings is 1. The Hall–Kier alpha value is -2.11. The fourth-order valence-electron chi connectivity index (χ4n) is 3.57. The van der Waals surface area contributed by atoms with E-state index in [9.17, 15) is 4.79 Å². The Morgan fingerprint density at radius 2 is 1.82 bits per heavy atom. The number of aromatic nitrogens is 1. The number of hydrogen-bond acceptors (Lipinski definition) is 4. The Labute approximate surface area is 174 Å². The number of aryl methyl sites for hydroxylation is 3. The van der Waals surface area contributed by atoms with Crippen molar-refractivity contribution in [3.05, 3.63) is 57.6 Å². The van der Waals surface area contributed by atoms with Crippen LogP contribution in [0.3, 0.4) is 0 Å². The van der Waals surface area contributed by atoms with E-state index in [1.807, 2.05) is 24.0 Å². The average Bonchev–Trinajstić information content (AvgIpc) is 3.13. The molecule has 1 fully saturated rings. The Bertz CT molecular complexity index is 1040. The highest BCUT2D eigenvalue weighted by atomic mass is 35.5. The number of hydrogen-bond donors (Lipinski definition) is 0. The zero-order valence-electron chi connectivity index (χ0n) is 16.5. The van der Waals surface area contributed by atoms with Crippen molar-refractivity contribution < 1.29 is 4.79 Å². The van der Waals surface area contributed by atoms with Crippen molar-refractivity contribution in [1.29, 1.82) is 0 Å². The van der Waals surface area contributed by atoms with Crippen molar-refractivity contribution in [3.8, 4) is 0 Å². The molecule has 6 heteroatoms. The predicted molar refractivity (Wildman–Crippen MR) is 118 cm³/mol. The van der Waals surface area contributed by atoms with Crippen LogP contribution in [0.2, 0.25) is 5.02 Å². The van der Waals surface area contributed by atoms with Gasteiger partial charge in [-0.15, -0.1) is 0 Å². The standard InChI is InChI=1S/C22H24ClN3OS/c1-14-4-5-17(12-15(14)2)13-20(27)25-8-10-26(11-9-25)22-24-21-16(3)18(23)6-7-19(21)28-22/h4-7,12H,8-11,13H2,1-3H3. The zero-order valence-corrected chi connectivity index (χ0v) is 18.0. The third-order valence-electron chi connectivity index (χ3n) is 5.57. The molecule has 0 saturated carbocycles. The first-order valence-corrected chi connectivity index (χ1v) is 10.8. The third-order valence-corrected chi connectivity index (χ3v) is 7.06. The summed E-state index contributed by atoms with van der Waals surface area (Å²) < 4.78 is 1.16. The van der Waals surface area contributed by atoms with Gasteiger partial charge in [-0.3, -0.25) is 4.79 Å². The van der Waals surface area contributed by atoms with E-state index in [2.05, 4.69) is 36.9 Å². The zero-order chi connectivity index (χ0) is 19.8. The average molecular weight is 414 g/mol. The van der Waals surface area contributed by atoms with E-state index in [0.29, 0.717) is 6.42 Å². The monoisotopic (exact) mass is 413 g/mol. The highest BCUT2D eigenvalue weighted by Gasteiger charge is 2.23. The van der Waals surface area contributed by atoms with Crippen molar-refractivity contribution in [2.45, 2.75) is 27.2 Å². The number of carbonyl (C=O) groups excluding carboxylic acids is 1. The summed E-state index contributed by atoms with van der Waals surface area (Å²) in [5.74, 6) is 0.204. The summed E-state index contributed by atoms with van der Waals surface area (Å²) in [5.41, 5.74) is 5.61. The smallest absolute Gasteiger partial charge is 0.227 e. The SMILES string of the molecule is Cc1ccc(CC(=O)N2CCN(c3nc4c(C)c(Cl)ccc4s3)CC2)cc1C. The molecule has 0 spiro atoms. The number of carbonyl (C=O) groups is 1. The molecule has 0 N–H and O–H groups in total. The molecule has 1 aliphatic heterocycles. The van der Waals surface area contributed by atoms with Gasteiger partial charge in [-0.25, -0.2) is 4.98 Å². The Morgan fingerprint density at radius 1 is 1.07 bits per heavy atom. The lowest BCUT2D eigenvalue weighted by atomic mass is 10.0. The van der Waals surface area contributed by atoms with Crippen LogP contribution in [0.15, 0.2) is 30.3 Å². The molecule has 0 bridgehead atoms. The summed E-state index contributed by atoms with van der Waals surface area (Å²) in [6, 6.07) is 10.3. The number of amides is 1. The summed E-state index contributed by atoms with van der Waals surface area (Å²) in [5, 5.41) is 1.77. The molecular formula is C22H24ClN3OS. The van der Waals surface area contributed by atoms with Gasteiger partial charge in [0.15, 0.2) is 5.13 Å². The first-order chi connectivity index (χ1) is 13.4. The van der Waals surface area contributed by atoms with Crippen molar-refractivity contribution >= 4 is 44.2 Å². The maximum absolute atomic E-state index is 12.7. The minimum Gasteiger partial charge on any atom is -0.345 e. The molecule has 3 aromatic rings. The van der Waals surface area contributed by atoms with E-state index in [0.717, 1.165) is 57.7 Å². The normalized spacial score (nSPS) is 14.7. The summed E-state index contributed by atoms with van der Waals surface area (Å²) in [4.78, 5) is 21.8. The van der Waals surface area contributed by atoms with Gasteiger partial charge in [-0.1, -0.05) is 41.1 Å². The van der Waals surface area contributed by atoms with Crippen LogP contribution in [0.1, 0.15) is 22.3 Å². The van der Waals surface area contributed by atoms with Gasteiger partial charge in [0.2, 0.25) is 5.91 Å². The van der Waals surface area contributed by atoms with Gasteiger partial charge >= 0.3 is 0 Å². The van der Waals surface area contributed by atoms with E-state index in [1.165, 1.54) is 11.1 Å². The topological polar surface area (TPSA) is 36.4 Å². The fraction of sp³-hybridized carbons (Fsp3) is 0.364. The van der Waals surface area contributed by atoms with E-state index < -0.39 is 0 Å². The lowest BCUT2D eigenvalue weighted by Crippen LogP contribution is -2.49. The molecule has 0 unspecified atom stereocenters. The molecule has 0 radical (unpaired) electrons. The van der Waals surface area contributed by atoms with E-state index in [-0.39, 0.29) is 5.91 Å². The quantitative estimate of drug-likeness (QED) is 0.620. The lowest BCUT2D eigenvalue weighted by Gasteiger charge is -2.34. The molecule has 0 atom stereocenters. The van der Waals surface area contributed by atoms with Gasteiger partial charge in [-0.2, -0.15) is 0 Å². The minimum absolute atomic E-state index is 0.204. The molecule has 4 rings (SSSR count). The molecule has 2 heterocycles. The summed E-state index contributed by atoms with van der Waals surface area (Å²) in [6.07, 6.45) is 0.472. The van der Waals surface area contributed by atoms with Crippen LogP contribution >= 0.6 is 22.9 Å². The van der Waals surface area contributed by atoms with Crippen LogP contribution in [-0.2, 0) is 11.2 Å². The van der Waals surface area contributed by atoms with Crippen LogP contribution in [0, 0.1) is 20.8 Å². The van der Waals surface area contributed by atoms with Gasteiger partial charge in [0.1, 0.15) is 0 Å². The number of anilines is 1. The van der Waals surface area contributed by atoms with Gasteiger partial charge in [0.25, 0.3) is 0 Å². The second-order valence-corrected chi connectivity index (χ2v) is 8.90. The Morgan fingerprint density at radius 3 is 2.54 bits per heavy atom. The molecule has 1 aliphatic rings. The largest absolute Gasteiger partial charge is 0.345 e. The molecular weight excluding hydrogens is 390 g/mol. The minimum atomic E-state index is 0.204. The second kappa shape index (κ2) is 7.72. The van der Waals surface area contributed by atoms with Crippen molar-refractivity contribution in [2.75, 3.05) is 31.1 Å². The number of piperazine rings is 1. The number of nitrogens with zero attached hydrogens (tertiary/aromatic N) is 3. The summed E-state index contributed by atoms with van der Waals surface area (Å²) in [7, 11) is 0. The van der Waals surface area contributed by atoms with Gasteiger partial charge < -0.3 is 9.80 Å². The molecule has 0 aliphatic carbocycles. The summed E-state index contributed by atoms with van der Waals surface area (Å²) in [6.45, 7) is 9.29. The van der Waals surface area contributed by atoms with Crippen LogP contribution in [0.5, 0.6) is 0 Å². The molecule has 1 saturated heterocycles. The lowest BCUT2D eigenvalue weighted by molar-refractivity contribution is -0.130. The molecule has 1 aromatic heterocycles. The first kappa shape index (κ1) is 19.2. The van der Waals surface area contributed by atoms with E-state index >= 15 is 0 Å². The van der Waals surface area contributed by atoms with Gasteiger partial charge in [0.05, 0.1) is 16.6 Å². The maximum atomic E-state index is 12.7. The van der Waals surface area contributed by atoms with E-state index in [4.69, 9.17) is 16.6 Å². The molecule has 4 nitrogen and oxygen atoms in total. The van der Waals surface area contributed by atoms with Crippen LogP contribution < -0.4 is 4.90 Å². The maximum Gasteiger partial charge on any atom is 0.227 e. The fourth-order valence-corrected chi connectivity index (χ4v) is 4.80. The highest BCUT2D eigenvalue weighted by Crippen LogP contribution is 2.33. The molecule has 28 heavy (non-hydrogen) atoms. The highest BCUT2D eigenvalue weighted by molar-refractivity contribution is 7.22. The Balaban J connectivity index is 1.41. The van der Waals surface area contributed by atoms with Crippen molar-refractivity contribution in [3.63, 3.8) is 0 Å². The van der Waals surface area contributed by atoms with E-state index in [1.54, 1.807) is 11.3 Å². The third kappa shape index (κ3) is 3.74. The predicted octanol–water partition coefficient (Wildman–Crippen LogP) is 4.77. The number of rotatable bonds is 3. The number of benzene rings is 2. The van der Waals surface area contributed by atoms with Crippen LogP contribution in [-0.4, -0.2) is 42.0 Å². The Kier molecular flexibility index (Phi) is 5.30. The number of halogens is 1. The first-order valence-electron chi connectivity index (χ1n) is 9.57. The molecule has 2 aromatic carbocycles. The van der Waals surface area contributed by atoms with Crippen molar-refractivity contribution in [1.82, 2.24) is 9.88 Å². The summed E-state index contributed by atoms with van der Waals surface area (Å²) >= 11 is 7.92. The van der Waals surface area contributed by atoms with Gasteiger partial charge in [-0.05, 0) is 55.2 Å². The van der Waals surface area contributed by atoms with Crippen molar-refractivity contribution in [2.24, 2.45) is 0 Å². The van der Waals surface area contributed by atoms with Crippen LogP contribution in [0.4, 0.5) is 5.13 Å². The van der Waals surface area contributed by atoms with Gasteiger partial charge in [0, 0.05) is 31.2 Å². The number of fused-ring (bicyclic) bond motifs is 1.